The average Bonchev–Trinajstić information content (AvgIpc) is 3.66. The zero-order chi connectivity index (χ0) is 25.8. The van der Waals surface area contributed by atoms with Crippen molar-refractivity contribution in [2.45, 2.75) is 38.4 Å². The minimum Gasteiger partial charge on any atom is -0.384 e. The molecule has 0 aliphatic carbocycles. The Morgan fingerprint density at radius 3 is 2.82 bits per heavy atom. The lowest BCUT2D eigenvalue weighted by Gasteiger charge is -2.21. The number of nitrogens with two attached hydrogens (primary N) is 1. The number of carbonyl (C=O) groups is 1. The number of carbonyl (C=O) groups excluding carboxylic acids is 1. The molecule has 38 heavy (non-hydrogen) atoms. The van der Waals surface area contributed by atoms with Crippen molar-refractivity contribution in [2.24, 2.45) is 11.7 Å². The molecule has 0 saturated carbocycles. The van der Waals surface area contributed by atoms with Gasteiger partial charge >= 0.3 is 0 Å². The van der Waals surface area contributed by atoms with Crippen LogP contribution in [0.15, 0.2) is 72.9 Å². The molecule has 7 heteroatoms. The highest BCUT2D eigenvalue weighted by atomic mass is 16.5. The van der Waals surface area contributed by atoms with Crippen LogP contribution in [0, 0.1) is 12.8 Å². The highest BCUT2D eigenvalue weighted by Crippen LogP contribution is 2.39. The third-order valence-electron chi connectivity index (χ3n) is 8.08. The second-order valence-corrected chi connectivity index (χ2v) is 10.5. The first-order chi connectivity index (χ1) is 18.5. The maximum atomic E-state index is 12.2. The number of rotatable bonds is 6. The van der Waals surface area contributed by atoms with Crippen molar-refractivity contribution in [1.29, 1.82) is 0 Å². The van der Waals surface area contributed by atoms with E-state index in [9.17, 15) is 4.79 Å². The van der Waals surface area contributed by atoms with E-state index < -0.39 is 5.91 Å². The number of nitrogens with one attached hydrogen (secondary N) is 1. The van der Waals surface area contributed by atoms with E-state index in [1.165, 1.54) is 0 Å². The number of anilines is 1. The molecule has 3 aromatic carbocycles. The quantitative estimate of drug-likeness (QED) is 0.313. The van der Waals surface area contributed by atoms with Crippen molar-refractivity contribution < 1.29 is 9.53 Å². The Morgan fingerprint density at radius 1 is 1.11 bits per heavy atom. The molecule has 2 saturated heterocycles. The molecule has 2 fully saturated rings. The maximum absolute atomic E-state index is 12.2. The molecule has 2 aliphatic rings. The van der Waals surface area contributed by atoms with E-state index in [4.69, 9.17) is 15.6 Å². The van der Waals surface area contributed by atoms with E-state index in [0.717, 1.165) is 75.8 Å². The number of primary amides is 1. The number of ether oxygens (including phenoxy) is 1. The van der Waals surface area contributed by atoms with Gasteiger partial charge in [0, 0.05) is 40.7 Å². The molecule has 190 valence electrons. The second-order valence-electron chi connectivity index (χ2n) is 10.5. The van der Waals surface area contributed by atoms with Gasteiger partial charge in [0.15, 0.2) is 0 Å². The van der Waals surface area contributed by atoms with Gasteiger partial charge in [-0.25, -0.2) is 4.68 Å². The molecular formula is C31H29N5O2. The molecule has 7 rings (SSSR count). The molecular weight excluding hydrogens is 474 g/mol. The predicted molar refractivity (Wildman–Crippen MR) is 150 cm³/mol. The summed E-state index contributed by atoms with van der Waals surface area (Å²) in [5.74, 6) is -0.000122. The summed E-state index contributed by atoms with van der Waals surface area (Å²) >= 11 is 0. The number of benzene rings is 3. The summed E-state index contributed by atoms with van der Waals surface area (Å²) in [5.41, 5.74) is 12.9. The molecule has 2 aromatic heterocycles. The first kappa shape index (κ1) is 22.9. The van der Waals surface area contributed by atoms with Crippen LogP contribution in [0.3, 0.4) is 0 Å². The fraction of sp³-hybridized carbons (Fsp3) is 0.258. The largest absolute Gasteiger partial charge is 0.384 e. The van der Waals surface area contributed by atoms with Gasteiger partial charge in [-0.15, -0.1) is 0 Å². The average molecular weight is 504 g/mol. The number of fused-ring (bicyclic) bond motifs is 4. The van der Waals surface area contributed by atoms with Crippen LogP contribution < -0.4 is 11.1 Å². The van der Waals surface area contributed by atoms with Crippen LogP contribution >= 0.6 is 0 Å². The standard InChI is InChI=1S/C31H29N5O2/c1-18-30-24(20-13-19-5-2-3-7-26(19)33-16-20)6-4-8-28(30)36(35-18)22-9-11-25(31(32)37)27(15-22)34-17-21-14-23-10-12-29(21)38-23/h2-9,11,13,15-16,21,23,29,34H,10,12,14,17H2,1H3,(H2,32,37). The Labute approximate surface area is 220 Å². The highest BCUT2D eigenvalue weighted by Gasteiger charge is 2.40. The Bertz CT molecular complexity index is 1710. The third kappa shape index (κ3) is 3.82. The molecule has 7 nitrogen and oxygen atoms in total. The molecule has 2 aliphatic heterocycles. The van der Waals surface area contributed by atoms with Crippen molar-refractivity contribution >= 4 is 33.4 Å². The van der Waals surface area contributed by atoms with E-state index in [2.05, 4.69) is 40.6 Å². The molecule has 4 heterocycles. The highest BCUT2D eigenvalue weighted by molar-refractivity contribution is 6.00. The Kier molecular flexibility index (Phi) is 5.40. The van der Waals surface area contributed by atoms with E-state index in [0.29, 0.717) is 23.7 Å². The molecule has 0 radical (unpaired) electrons. The van der Waals surface area contributed by atoms with Crippen LogP contribution in [-0.2, 0) is 4.74 Å². The zero-order valence-corrected chi connectivity index (χ0v) is 21.2. The van der Waals surface area contributed by atoms with Crippen molar-refractivity contribution in [3.8, 4) is 16.8 Å². The van der Waals surface area contributed by atoms with Crippen molar-refractivity contribution in [1.82, 2.24) is 14.8 Å². The van der Waals surface area contributed by atoms with E-state index >= 15 is 0 Å². The van der Waals surface area contributed by atoms with Gasteiger partial charge in [-0.1, -0.05) is 30.3 Å². The summed E-state index contributed by atoms with van der Waals surface area (Å²) in [7, 11) is 0. The number of amides is 1. The summed E-state index contributed by atoms with van der Waals surface area (Å²) in [6, 6.07) is 22.2. The lowest BCUT2D eigenvalue weighted by atomic mass is 9.89. The number of aromatic nitrogens is 3. The molecule has 5 aromatic rings. The first-order valence-electron chi connectivity index (χ1n) is 13.2. The monoisotopic (exact) mass is 503 g/mol. The van der Waals surface area contributed by atoms with Crippen LogP contribution in [0.2, 0.25) is 0 Å². The van der Waals surface area contributed by atoms with Gasteiger partial charge in [0.05, 0.1) is 40.2 Å². The summed E-state index contributed by atoms with van der Waals surface area (Å²) < 4.78 is 7.96. The minimum atomic E-state index is -0.448. The first-order valence-corrected chi connectivity index (χ1v) is 13.2. The van der Waals surface area contributed by atoms with E-state index in [1.54, 1.807) is 6.07 Å². The van der Waals surface area contributed by atoms with Gasteiger partial charge < -0.3 is 15.8 Å². The van der Waals surface area contributed by atoms with Crippen LogP contribution in [0.4, 0.5) is 5.69 Å². The number of hydrogen-bond acceptors (Lipinski definition) is 5. The van der Waals surface area contributed by atoms with Crippen LogP contribution in [0.25, 0.3) is 38.6 Å². The summed E-state index contributed by atoms with van der Waals surface area (Å²) in [4.78, 5) is 16.9. The second kappa shape index (κ2) is 8.96. The van der Waals surface area contributed by atoms with Gasteiger partial charge in [-0.3, -0.25) is 9.78 Å². The van der Waals surface area contributed by atoms with Crippen molar-refractivity contribution in [2.75, 3.05) is 11.9 Å². The zero-order valence-electron chi connectivity index (χ0n) is 21.2. The number of aryl methyl sites for hydroxylation is 1. The van der Waals surface area contributed by atoms with Crippen LogP contribution in [0.5, 0.6) is 0 Å². The normalized spacial score (nSPS) is 20.4. The Hall–Kier alpha value is -4.23. The molecule has 3 N–H and O–H groups in total. The SMILES string of the molecule is Cc1nn(-c2ccc(C(N)=O)c(NCC3CC4CCC3O4)c2)c2cccc(-c3cnc4ccccc4c3)c12. The lowest BCUT2D eigenvalue weighted by Crippen LogP contribution is -2.25. The lowest BCUT2D eigenvalue weighted by molar-refractivity contribution is 0.0941. The number of nitrogens with zero attached hydrogens (tertiary/aromatic N) is 3. The summed E-state index contributed by atoms with van der Waals surface area (Å²) in [6.45, 7) is 2.78. The number of hydrogen-bond donors (Lipinski definition) is 2. The number of para-hydroxylation sites is 1. The summed E-state index contributed by atoms with van der Waals surface area (Å²) in [6.07, 6.45) is 5.97. The Balaban J connectivity index is 1.28. The van der Waals surface area contributed by atoms with Gasteiger partial charge in [0.1, 0.15) is 0 Å². The van der Waals surface area contributed by atoms with E-state index in [1.807, 2.05) is 48.1 Å². The minimum absolute atomic E-state index is 0.313. The molecule has 3 atom stereocenters. The smallest absolute Gasteiger partial charge is 0.250 e. The van der Waals surface area contributed by atoms with Gasteiger partial charge in [0.2, 0.25) is 0 Å². The molecule has 1 amide bonds. The van der Waals surface area contributed by atoms with Crippen LogP contribution in [-0.4, -0.2) is 39.4 Å². The molecule has 2 bridgehead atoms. The fourth-order valence-corrected chi connectivity index (χ4v) is 6.23. The van der Waals surface area contributed by atoms with Crippen molar-refractivity contribution in [3.63, 3.8) is 0 Å². The van der Waals surface area contributed by atoms with Gasteiger partial charge in [0.25, 0.3) is 5.91 Å². The number of pyridine rings is 1. The van der Waals surface area contributed by atoms with Crippen LogP contribution in [0.1, 0.15) is 35.3 Å². The van der Waals surface area contributed by atoms with Crippen molar-refractivity contribution in [3.05, 3.63) is 84.2 Å². The summed E-state index contributed by atoms with van der Waals surface area (Å²) in [5, 5.41) is 10.6. The molecule has 3 unspecified atom stereocenters. The maximum Gasteiger partial charge on any atom is 0.250 e. The van der Waals surface area contributed by atoms with Gasteiger partial charge in [-0.05, 0) is 68.1 Å². The topological polar surface area (TPSA) is 95.1 Å². The fourth-order valence-electron chi connectivity index (χ4n) is 6.23. The third-order valence-corrected chi connectivity index (χ3v) is 8.08. The van der Waals surface area contributed by atoms with Gasteiger partial charge in [-0.2, -0.15) is 5.10 Å². The Morgan fingerprint density at radius 2 is 2.00 bits per heavy atom. The molecule has 0 spiro atoms. The predicted octanol–water partition coefficient (Wildman–Crippen LogP) is 5.63. The van der Waals surface area contributed by atoms with E-state index in [-0.39, 0.29) is 0 Å².